The lowest BCUT2D eigenvalue weighted by atomic mass is 10.0. The fourth-order valence-electron chi connectivity index (χ4n) is 6.80. The predicted molar refractivity (Wildman–Crippen MR) is 250 cm³/mol. The summed E-state index contributed by atoms with van der Waals surface area (Å²) >= 11 is 0. The smallest absolute Gasteiger partial charge is 0.259 e. The molecule has 12 nitrogen and oxygen atoms in total. The molecule has 0 aliphatic carbocycles. The van der Waals surface area contributed by atoms with Crippen LogP contribution in [0.3, 0.4) is 0 Å². The molecule has 0 aliphatic heterocycles. The van der Waals surface area contributed by atoms with Crippen LogP contribution in [0.25, 0.3) is 45.0 Å². The standard InChI is InChI=1S/C26H32N4O4S.C23H27N3O/c1-20(2)30(16-10-11-17-34-19-24(31)29-35(3,32)33)23-18-27-25(21-12-6-4-7-13-21)26(28-23)22-14-8-5-9-15-22;1-18(2)26(15-9-10-16-27)21-17-24-22(19-11-5-3-6-12-19)23(25-21)20-13-7-4-8-14-20/h4-9,12-15,18,20H,10-11,16-17,19H2,1-3H3,(H,29,31);3-8,11-14,17-18,27H,9-10,15-16H2,1-2H3. The van der Waals surface area contributed by atoms with E-state index in [2.05, 4.69) is 61.8 Å². The molecule has 0 saturated carbocycles. The number of aliphatic hydroxyl groups excluding tert-OH is 1. The Morgan fingerprint density at radius 2 is 0.968 bits per heavy atom. The van der Waals surface area contributed by atoms with Gasteiger partial charge in [0.05, 0.1) is 41.4 Å². The molecule has 0 unspecified atom stereocenters. The molecule has 2 N–H and O–H groups in total. The minimum absolute atomic E-state index is 0.206. The molecular weight excluding hydrogens is 799 g/mol. The first-order valence-electron chi connectivity index (χ1n) is 21.1. The Morgan fingerprint density at radius 1 is 0.597 bits per heavy atom. The molecule has 0 fully saturated rings. The summed E-state index contributed by atoms with van der Waals surface area (Å²) in [6.45, 7) is 10.4. The van der Waals surface area contributed by atoms with Crippen molar-refractivity contribution in [2.24, 2.45) is 0 Å². The van der Waals surface area contributed by atoms with E-state index in [1.54, 1.807) is 0 Å². The number of ether oxygens (including phenoxy) is 1. The molecule has 2 heterocycles. The average molecular weight is 858 g/mol. The number of aliphatic hydroxyl groups is 1. The zero-order valence-electron chi connectivity index (χ0n) is 36.4. The maximum atomic E-state index is 11.5. The maximum absolute atomic E-state index is 11.5. The lowest BCUT2D eigenvalue weighted by Gasteiger charge is -2.28. The number of hydrogen-bond donors (Lipinski definition) is 2. The molecule has 0 bridgehead atoms. The van der Waals surface area contributed by atoms with E-state index in [0.717, 1.165) is 102 Å². The first kappa shape index (κ1) is 47.0. The fraction of sp³-hybridized carbons (Fsp3) is 0.327. The van der Waals surface area contributed by atoms with E-state index < -0.39 is 15.9 Å². The van der Waals surface area contributed by atoms with Crippen molar-refractivity contribution in [3.63, 3.8) is 0 Å². The van der Waals surface area contributed by atoms with Crippen molar-refractivity contribution in [2.45, 2.75) is 65.5 Å². The second kappa shape index (κ2) is 23.8. The molecule has 0 saturated heterocycles. The number of unbranched alkanes of at least 4 members (excludes halogenated alkanes) is 2. The van der Waals surface area contributed by atoms with E-state index in [1.165, 1.54) is 0 Å². The van der Waals surface area contributed by atoms with Gasteiger partial charge in [0.2, 0.25) is 10.0 Å². The highest BCUT2D eigenvalue weighted by Gasteiger charge is 2.19. The number of nitrogens with one attached hydrogen (secondary N) is 1. The average Bonchev–Trinajstić information content (AvgIpc) is 3.28. The lowest BCUT2D eigenvalue weighted by Crippen LogP contribution is -2.33. The van der Waals surface area contributed by atoms with Gasteiger partial charge in [0.15, 0.2) is 0 Å². The molecule has 0 atom stereocenters. The third-order valence-electron chi connectivity index (χ3n) is 9.82. The van der Waals surface area contributed by atoms with E-state index in [4.69, 9.17) is 29.8 Å². The molecule has 1 amide bonds. The summed E-state index contributed by atoms with van der Waals surface area (Å²) in [5.41, 5.74) is 7.60. The number of aromatic nitrogens is 4. The van der Waals surface area contributed by atoms with Crippen LogP contribution in [0.1, 0.15) is 53.4 Å². The van der Waals surface area contributed by atoms with Crippen LogP contribution in [-0.2, 0) is 19.6 Å². The summed E-state index contributed by atoms with van der Waals surface area (Å²) in [4.78, 5) is 35.6. The largest absolute Gasteiger partial charge is 0.396 e. The van der Waals surface area contributed by atoms with Gasteiger partial charge in [-0.15, -0.1) is 0 Å². The highest BCUT2D eigenvalue weighted by Crippen LogP contribution is 2.32. The van der Waals surface area contributed by atoms with Crippen molar-refractivity contribution >= 4 is 27.6 Å². The van der Waals surface area contributed by atoms with E-state index in [-0.39, 0.29) is 19.3 Å². The lowest BCUT2D eigenvalue weighted by molar-refractivity contribution is -0.123. The minimum Gasteiger partial charge on any atom is -0.396 e. The zero-order valence-corrected chi connectivity index (χ0v) is 37.2. The first-order chi connectivity index (χ1) is 29.9. The van der Waals surface area contributed by atoms with Gasteiger partial charge in [0.1, 0.15) is 18.2 Å². The van der Waals surface area contributed by atoms with Crippen molar-refractivity contribution in [1.29, 1.82) is 0 Å². The van der Waals surface area contributed by atoms with Crippen LogP contribution in [0, 0.1) is 0 Å². The summed E-state index contributed by atoms with van der Waals surface area (Å²) in [6, 6.07) is 41.0. The van der Waals surface area contributed by atoms with Crippen molar-refractivity contribution in [1.82, 2.24) is 24.7 Å². The van der Waals surface area contributed by atoms with Gasteiger partial charge >= 0.3 is 0 Å². The van der Waals surface area contributed by atoms with Crippen LogP contribution in [0.5, 0.6) is 0 Å². The number of carbonyl (C=O) groups excluding carboxylic acids is 1. The minimum atomic E-state index is -3.57. The molecule has 2 aromatic heterocycles. The van der Waals surface area contributed by atoms with Gasteiger partial charge in [0.25, 0.3) is 5.91 Å². The summed E-state index contributed by atoms with van der Waals surface area (Å²) in [5, 5.41) is 9.10. The molecule has 0 aliphatic rings. The van der Waals surface area contributed by atoms with Crippen LogP contribution in [0.2, 0.25) is 0 Å². The maximum Gasteiger partial charge on any atom is 0.259 e. The highest BCUT2D eigenvalue weighted by atomic mass is 32.2. The molecule has 0 spiro atoms. The Balaban J connectivity index is 0.000000242. The number of benzene rings is 4. The van der Waals surface area contributed by atoms with E-state index >= 15 is 0 Å². The predicted octanol–water partition coefficient (Wildman–Crippen LogP) is 8.70. The Kier molecular flexibility index (Phi) is 18.1. The number of rotatable bonds is 20. The van der Waals surface area contributed by atoms with Crippen molar-refractivity contribution < 1.29 is 23.1 Å². The number of amides is 1. The molecule has 6 rings (SSSR count). The van der Waals surface area contributed by atoms with Gasteiger partial charge in [0, 0.05) is 60.6 Å². The monoisotopic (exact) mass is 857 g/mol. The van der Waals surface area contributed by atoms with Crippen LogP contribution >= 0.6 is 0 Å². The second-order valence-electron chi connectivity index (χ2n) is 15.4. The van der Waals surface area contributed by atoms with Crippen LogP contribution in [0.15, 0.2) is 134 Å². The van der Waals surface area contributed by atoms with Gasteiger partial charge in [-0.3, -0.25) is 19.5 Å². The molecule has 326 valence electrons. The SMILES string of the molecule is CC(C)N(CCCCO)c1cnc(-c2ccccc2)c(-c2ccccc2)n1.CC(C)N(CCCCOCC(=O)NS(C)(=O)=O)c1cnc(-c2ccccc2)c(-c2ccccc2)n1. The van der Waals surface area contributed by atoms with Gasteiger partial charge in [-0.05, 0) is 53.4 Å². The van der Waals surface area contributed by atoms with Crippen LogP contribution in [0.4, 0.5) is 11.6 Å². The van der Waals surface area contributed by atoms with Crippen molar-refractivity contribution in [3.8, 4) is 45.0 Å². The first-order valence-corrected chi connectivity index (χ1v) is 23.0. The van der Waals surface area contributed by atoms with Crippen LogP contribution in [-0.4, -0.2) is 90.6 Å². The second-order valence-corrected chi connectivity index (χ2v) is 17.1. The summed E-state index contributed by atoms with van der Waals surface area (Å²) in [7, 11) is -3.57. The van der Waals surface area contributed by atoms with E-state index in [0.29, 0.717) is 12.6 Å². The van der Waals surface area contributed by atoms with Gasteiger partial charge in [-0.2, -0.15) is 0 Å². The Morgan fingerprint density at radius 3 is 1.32 bits per heavy atom. The summed E-state index contributed by atoms with van der Waals surface area (Å²) in [5.74, 6) is 1.01. The van der Waals surface area contributed by atoms with Crippen molar-refractivity contribution in [2.75, 3.05) is 49.0 Å². The van der Waals surface area contributed by atoms with Crippen molar-refractivity contribution in [3.05, 3.63) is 134 Å². The molecule has 62 heavy (non-hydrogen) atoms. The summed E-state index contributed by atoms with van der Waals surface area (Å²) < 4.78 is 29.3. The Bertz CT molecular complexity index is 2370. The fourth-order valence-corrected chi connectivity index (χ4v) is 7.27. The molecule has 6 aromatic rings. The number of carbonyl (C=O) groups is 1. The Hall–Kier alpha value is -6.02. The third-order valence-corrected chi connectivity index (χ3v) is 10.4. The third kappa shape index (κ3) is 14.3. The molecule has 13 heteroatoms. The number of nitrogens with zero attached hydrogens (tertiary/aromatic N) is 6. The summed E-state index contributed by atoms with van der Waals surface area (Å²) in [6.07, 6.45) is 7.88. The zero-order chi connectivity index (χ0) is 44.3. The number of anilines is 2. The topological polar surface area (TPSA) is 151 Å². The number of sulfonamides is 1. The molecular formula is C49H59N7O5S. The van der Waals surface area contributed by atoms with Crippen LogP contribution < -0.4 is 14.5 Å². The van der Waals surface area contributed by atoms with Gasteiger partial charge < -0.3 is 19.6 Å². The molecule has 0 radical (unpaired) electrons. The van der Waals surface area contributed by atoms with Gasteiger partial charge in [-0.1, -0.05) is 121 Å². The molecule has 4 aromatic carbocycles. The van der Waals surface area contributed by atoms with Gasteiger partial charge in [-0.25, -0.2) is 18.4 Å². The number of hydrogen-bond acceptors (Lipinski definition) is 11. The quantitative estimate of drug-likeness (QED) is 0.0710. The van der Waals surface area contributed by atoms with E-state index in [1.807, 2.05) is 114 Å². The Labute approximate surface area is 367 Å². The normalized spacial score (nSPS) is 11.2. The highest BCUT2D eigenvalue weighted by molar-refractivity contribution is 7.89. The van der Waals surface area contributed by atoms with E-state index in [9.17, 15) is 13.2 Å².